The molecule has 2 N–H and O–H groups in total. The molecule has 0 saturated carbocycles. The number of phenols is 1. The molecule has 0 aromatic heterocycles. The van der Waals surface area contributed by atoms with Crippen molar-refractivity contribution in [3.05, 3.63) is 94.3 Å². The Balaban J connectivity index is 0.000000335. The van der Waals surface area contributed by atoms with Crippen LogP contribution < -0.4 is 0 Å². The maximum atomic E-state index is 10.3. The van der Waals surface area contributed by atoms with Crippen LogP contribution in [0.4, 0.5) is 0 Å². The van der Waals surface area contributed by atoms with Gasteiger partial charge in [-0.15, -0.1) is 0 Å². The molecular formula is C27H33ClO4. The molecule has 0 heterocycles. The van der Waals surface area contributed by atoms with E-state index in [-0.39, 0.29) is 11.9 Å². The van der Waals surface area contributed by atoms with Crippen molar-refractivity contribution < 1.29 is 19.7 Å². The smallest absolute Gasteiger partial charge is 0.150 e. The molecule has 2 aliphatic carbocycles. The second-order valence-corrected chi connectivity index (χ2v) is 7.22. The molecule has 1 aromatic carbocycles. The Morgan fingerprint density at radius 3 is 2.56 bits per heavy atom. The van der Waals surface area contributed by atoms with Gasteiger partial charge in [0.05, 0.1) is 19.0 Å². The maximum absolute atomic E-state index is 10.3. The summed E-state index contributed by atoms with van der Waals surface area (Å²) in [6, 6.07) is 5.05. The van der Waals surface area contributed by atoms with E-state index in [1.807, 2.05) is 51.2 Å². The zero-order chi connectivity index (χ0) is 23.9. The summed E-state index contributed by atoms with van der Waals surface area (Å²) in [4.78, 5) is 10.3. The summed E-state index contributed by atoms with van der Waals surface area (Å²) in [6.45, 7) is 6.04. The van der Waals surface area contributed by atoms with Crippen LogP contribution in [-0.2, 0) is 9.53 Å². The third-order valence-electron chi connectivity index (χ3n) is 4.62. The molecule has 1 aromatic rings. The number of hydrogen-bond donors (Lipinski definition) is 2. The Morgan fingerprint density at radius 1 is 1.22 bits per heavy atom. The number of benzene rings is 1. The number of carbonyl (C=O) groups is 1. The number of hydrogen-bond acceptors (Lipinski definition) is 4. The van der Waals surface area contributed by atoms with Crippen LogP contribution >= 0.6 is 11.6 Å². The fraction of sp³-hybridized carbons (Fsp3) is 0.296. The Labute approximate surface area is 196 Å². The van der Waals surface area contributed by atoms with Crippen LogP contribution in [0.1, 0.15) is 45.6 Å². The van der Waals surface area contributed by atoms with Gasteiger partial charge in [0.15, 0.2) is 0 Å². The molecule has 172 valence electrons. The summed E-state index contributed by atoms with van der Waals surface area (Å²) in [7, 11) is 1.62. The van der Waals surface area contributed by atoms with Crippen molar-refractivity contribution in [1.82, 2.24) is 0 Å². The third kappa shape index (κ3) is 9.13. The molecule has 2 aliphatic rings. The quantitative estimate of drug-likeness (QED) is 0.483. The van der Waals surface area contributed by atoms with Crippen molar-refractivity contribution in [1.29, 1.82) is 0 Å². The molecule has 0 saturated heterocycles. The standard InChI is InChI=1S/C16H17ClO2.C9H10O2.C2H6/c1-2-12(9-11-3-6-14(18)7-4-11)15-10-13(17)5-8-16(15)19;1-11-9-4-2-3-8(7-10)5-6-9;1-2/h3-6,8-10,14,18-19H,2,7H2,1H3;2-3,5-7H,4H2,1H3;1-2H3/b12-9+;;. The number of aliphatic hydroxyl groups is 1. The summed E-state index contributed by atoms with van der Waals surface area (Å²) >= 11 is 5.98. The minimum atomic E-state index is -0.387. The van der Waals surface area contributed by atoms with Crippen LogP contribution in [-0.4, -0.2) is 29.7 Å². The molecular weight excluding hydrogens is 424 g/mol. The highest BCUT2D eigenvalue weighted by Crippen LogP contribution is 2.31. The van der Waals surface area contributed by atoms with Crippen molar-refractivity contribution in [2.75, 3.05) is 7.11 Å². The van der Waals surface area contributed by atoms with Crippen molar-refractivity contribution in [3.8, 4) is 5.75 Å². The van der Waals surface area contributed by atoms with Crippen LogP contribution in [0.5, 0.6) is 5.75 Å². The van der Waals surface area contributed by atoms with Crippen molar-refractivity contribution in [2.45, 2.75) is 46.1 Å². The first kappa shape index (κ1) is 27.2. The SMILES string of the molecule is CC.CC/C(=C\C1=CCC(O)C=C1)c1cc(Cl)ccc1O.COC1=CC=C(C=O)C=CC1. The molecule has 0 radical (unpaired) electrons. The molecule has 4 nitrogen and oxygen atoms in total. The fourth-order valence-electron chi connectivity index (χ4n) is 2.92. The Morgan fingerprint density at radius 2 is 1.97 bits per heavy atom. The molecule has 0 amide bonds. The molecule has 32 heavy (non-hydrogen) atoms. The van der Waals surface area contributed by atoms with E-state index in [9.17, 15) is 15.0 Å². The number of carbonyl (C=O) groups excluding carboxylic acids is 1. The molecule has 0 spiro atoms. The van der Waals surface area contributed by atoms with E-state index in [2.05, 4.69) is 0 Å². The minimum Gasteiger partial charge on any atom is -0.507 e. The lowest BCUT2D eigenvalue weighted by molar-refractivity contribution is -0.104. The number of aromatic hydroxyl groups is 1. The van der Waals surface area contributed by atoms with Gasteiger partial charge in [0.1, 0.15) is 12.0 Å². The van der Waals surface area contributed by atoms with Gasteiger partial charge in [0, 0.05) is 22.6 Å². The summed E-state index contributed by atoms with van der Waals surface area (Å²) < 4.78 is 5.01. The van der Waals surface area contributed by atoms with Crippen molar-refractivity contribution in [3.63, 3.8) is 0 Å². The summed E-state index contributed by atoms with van der Waals surface area (Å²) in [5, 5.41) is 19.9. The largest absolute Gasteiger partial charge is 0.507 e. The van der Waals surface area contributed by atoms with Gasteiger partial charge in [0.25, 0.3) is 0 Å². The number of methoxy groups -OCH3 is 1. The fourth-order valence-corrected chi connectivity index (χ4v) is 3.10. The van der Waals surface area contributed by atoms with E-state index in [0.29, 0.717) is 17.0 Å². The average molecular weight is 457 g/mol. The normalized spacial score (nSPS) is 17.4. The van der Waals surface area contributed by atoms with E-state index < -0.39 is 0 Å². The number of phenolic OH excluding ortho intramolecular Hbond substituents is 1. The number of rotatable bonds is 5. The van der Waals surface area contributed by atoms with Gasteiger partial charge >= 0.3 is 0 Å². The Bertz CT molecular complexity index is 933. The molecule has 3 rings (SSSR count). The summed E-state index contributed by atoms with van der Waals surface area (Å²) in [6.07, 6.45) is 17.5. The first-order valence-electron chi connectivity index (χ1n) is 10.8. The first-order chi connectivity index (χ1) is 15.5. The average Bonchev–Trinajstić information content (AvgIpc) is 3.07. The highest BCUT2D eigenvalue weighted by molar-refractivity contribution is 6.30. The van der Waals surface area contributed by atoms with Gasteiger partial charge in [-0.3, -0.25) is 4.79 Å². The van der Waals surface area contributed by atoms with E-state index in [1.165, 1.54) is 0 Å². The molecule has 0 bridgehead atoms. The molecule has 0 fully saturated rings. The monoisotopic (exact) mass is 456 g/mol. The van der Waals surface area contributed by atoms with Crippen molar-refractivity contribution >= 4 is 23.5 Å². The van der Waals surface area contributed by atoms with Gasteiger partial charge in [-0.1, -0.05) is 68.8 Å². The topological polar surface area (TPSA) is 66.8 Å². The van der Waals surface area contributed by atoms with Crippen LogP contribution in [0, 0.1) is 0 Å². The predicted molar refractivity (Wildman–Crippen MR) is 134 cm³/mol. The minimum absolute atomic E-state index is 0.234. The van der Waals surface area contributed by atoms with E-state index in [1.54, 1.807) is 43.5 Å². The lowest BCUT2D eigenvalue weighted by Crippen LogP contribution is -2.03. The third-order valence-corrected chi connectivity index (χ3v) is 4.86. The highest BCUT2D eigenvalue weighted by atomic mass is 35.5. The van der Waals surface area contributed by atoms with E-state index >= 15 is 0 Å². The summed E-state index contributed by atoms with van der Waals surface area (Å²) in [5.74, 6) is 1.11. The number of allylic oxidation sites excluding steroid dienone is 9. The molecule has 1 atom stereocenters. The molecule has 1 unspecified atom stereocenters. The van der Waals surface area contributed by atoms with Gasteiger partial charge < -0.3 is 14.9 Å². The lowest BCUT2D eigenvalue weighted by Gasteiger charge is -2.12. The Hall–Kier alpha value is -2.82. The Kier molecular flexibility index (Phi) is 12.8. The van der Waals surface area contributed by atoms with Crippen LogP contribution in [0.2, 0.25) is 5.02 Å². The second kappa shape index (κ2) is 15.1. The maximum Gasteiger partial charge on any atom is 0.150 e. The van der Waals surface area contributed by atoms with Crippen molar-refractivity contribution in [2.24, 2.45) is 0 Å². The number of aldehydes is 1. The second-order valence-electron chi connectivity index (χ2n) is 6.78. The van der Waals surface area contributed by atoms with Gasteiger partial charge in [-0.25, -0.2) is 0 Å². The number of aliphatic hydroxyl groups excluding tert-OH is 1. The predicted octanol–water partition coefficient (Wildman–Crippen LogP) is 6.71. The molecule has 0 aliphatic heterocycles. The van der Waals surface area contributed by atoms with Crippen LogP contribution in [0.25, 0.3) is 5.57 Å². The zero-order valence-electron chi connectivity index (χ0n) is 19.2. The van der Waals surface area contributed by atoms with E-state index in [0.717, 1.165) is 41.6 Å². The van der Waals surface area contributed by atoms with Crippen LogP contribution in [0.3, 0.4) is 0 Å². The zero-order valence-corrected chi connectivity index (χ0v) is 20.0. The van der Waals surface area contributed by atoms with Gasteiger partial charge in [0.2, 0.25) is 0 Å². The first-order valence-corrected chi connectivity index (χ1v) is 11.2. The molecule has 5 heteroatoms. The lowest BCUT2D eigenvalue weighted by atomic mass is 9.97. The van der Waals surface area contributed by atoms with E-state index in [4.69, 9.17) is 16.3 Å². The van der Waals surface area contributed by atoms with Gasteiger partial charge in [-0.05, 0) is 54.3 Å². The number of ether oxygens (including phenoxy) is 1. The summed E-state index contributed by atoms with van der Waals surface area (Å²) in [5.41, 5.74) is 3.50. The van der Waals surface area contributed by atoms with Crippen LogP contribution in [0.15, 0.2) is 83.7 Å². The highest BCUT2D eigenvalue weighted by Gasteiger charge is 2.09. The van der Waals surface area contributed by atoms with Gasteiger partial charge in [-0.2, -0.15) is 0 Å². The number of halogens is 1.